The molecule has 5 nitrogen and oxygen atoms in total. The predicted octanol–water partition coefficient (Wildman–Crippen LogP) is 5.59. The predicted molar refractivity (Wildman–Crippen MR) is 115 cm³/mol. The Labute approximate surface area is 181 Å². The molecule has 0 fully saturated rings. The lowest BCUT2D eigenvalue weighted by Crippen LogP contribution is -2.17. The van der Waals surface area contributed by atoms with Crippen LogP contribution in [0.25, 0.3) is 6.08 Å². The van der Waals surface area contributed by atoms with Crippen molar-refractivity contribution in [2.75, 3.05) is 0 Å². The summed E-state index contributed by atoms with van der Waals surface area (Å²) in [6.07, 6.45) is 6.81. The first kappa shape index (κ1) is 22.5. The molecule has 0 spiro atoms. The monoisotopic (exact) mass is 426 g/mol. The van der Waals surface area contributed by atoms with Gasteiger partial charge in [-0.3, -0.25) is 4.79 Å². The van der Waals surface area contributed by atoms with E-state index in [0.29, 0.717) is 49.0 Å². The highest BCUT2D eigenvalue weighted by Gasteiger charge is 2.21. The van der Waals surface area contributed by atoms with E-state index in [1.165, 1.54) is 12.1 Å². The van der Waals surface area contributed by atoms with Gasteiger partial charge in [0.15, 0.2) is 0 Å². The molecule has 2 aromatic rings. The van der Waals surface area contributed by atoms with Gasteiger partial charge in [0.2, 0.25) is 0 Å². The molecule has 1 heterocycles. The smallest absolute Gasteiger partial charge is 0.342 e. The van der Waals surface area contributed by atoms with Crippen molar-refractivity contribution in [2.24, 2.45) is 0 Å². The second-order valence-electron chi connectivity index (χ2n) is 7.73. The molecule has 0 aromatic heterocycles. The summed E-state index contributed by atoms with van der Waals surface area (Å²) in [4.78, 5) is 24.6. The summed E-state index contributed by atoms with van der Waals surface area (Å²) < 4.78 is 25.0. The summed E-state index contributed by atoms with van der Waals surface area (Å²) in [6.45, 7) is 1.75. The fourth-order valence-electron chi connectivity index (χ4n) is 3.48. The van der Waals surface area contributed by atoms with Crippen molar-refractivity contribution in [3.8, 4) is 11.5 Å². The van der Waals surface area contributed by atoms with Crippen LogP contribution >= 0.6 is 0 Å². The van der Waals surface area contributed by atoms with Crippen LogP contribution in [0.5, 0.6) is 11.5 Å². The van der Waals surface area contributed by atoms with Gasteiger partial charge in [-0.25, -0.2) is 9.18 Å². The quantitative estimate of drug-likeness (QED) is 0.648. The van der Waals surface area contributed by atoms with Gasteiger partial charge in [0.25, 0.3) is 0 Å². The maximum atomic E-state index is 13.9. The molecule has 0 unspecified atom stereocenters. The van der Waals surface area contributed by atoms with Crippen molar-refractivity contribution in [1.29, 1.82) is 0 Å². The molecule has 164 valence electrons. The first-order valence-electron chi connectivity index (χ1n) is 10.6. The minimum Gasteiger partial charge on any atom is -0.507 e. The summed E-state index contributed by atoms with van der Waals surface area (Å²) in [6, 6.07) is 9.24. The summed E-state index contributed by atoms with van der Waals surface area (Å²) in [5.74, 6) is -0.747. The van der Waals surface area contributed by atoms with Crippen LogP contribution in [0.3, 0.4) is 0 Å². The van der Waals surface area contributed by atoms with Gasteiger partial charge in [0.05, 0.1) is 6.10 Å². The van der Waals surface area contributed by atoms with E-state index in [0.717, 1.165) is 6.42 Å². The van der Waals surface area contributed by atoms with Crippen molar-refractivity contribution < 1.29 is 28.6 Å². The molecule has 2 aromatic carbocycles. The Morgan fingerprint density at radius 3 is 2.74 bits per heavy atom. The number of cyclic esters (lactones) is 1. The number of allylic oxidation sites excluding steroid dienone is 1. The molecule has 1 N–H and O–H groups in total. The van der Waals surface area contributed by atoms with Gasteiger partial charge in [-0.15, -0.1) is 0 Å². The molecule has 6 heteroatoms. The van der Waals surface area contributed by atoms with Crippen LogP contribution in [0, 0.1) is 5.82 Å². The number of fused-ring (bicyclic) bond motifs is 1. The second-order valence-corrected chi connectivity index (χ2v) is 7.73. The topological polar surface area (TPSA) is 72.8 Å². The van der Waals surface area contributed by atoms with Crippen LogP contribution in [-0.4, -0.2) is 23.0 Å². The number of aromatic hydroxyl groups is 1. The molecule has 0 aliphatic carbocycles. The van der Waals surface area contributed by atoms with Crippen LogP contribution in [0.1, 0.15) is 66.9 Å². The Morgan fingerprint density at radius 2 is 1.94 bits per heavy atom. The third kappa shape index (κ3) is 6.41. The third-order valence-corrected chi connectivity index (χ3v) is 5.18. The standard InChI is InChI=1S/C25H27FO5/c1-17-8-7-12-20(27)11-4-2-3-9-18-14-21(15-23(28)24(18)25(29)31-17)30-16-19-10-5-6-13-22(19)26/h3,5-6,9-10,13-15,17,28H,2,4,7-8,11-12,16H2,1H3/t17-/m1/s1. The van der Waals surface area contributed by atoms with E-state index in [-0.39, 0.29) is 35.6 Å². The van der Waals surface area contributed by atoms with Gasteiger partial charge in [0.1, 0.15) is 35.3 Å². The SMILES string of the molecule is C[C@@H]1CCCC(=O)CCCC=Cc2cc(OCc3ccccc3F)cc(O)c2C(=O)O1. The van der Waals surface area contributed by atoms with E-state index in [1.54, 1.807) is 37.3 Å². The zero-order valence-corrected chi connectivity index (χ0v) is 17.6. The number of phenolic OH excluding ortho intramolecular Hbond substituents is 1. The largest absolute Gasteiger partial charge is 0.507 e. The van der Waals surface area contributed by atoms with E-state index >= 15 is 0 Å². The molecule has 0 radical (unpaired) electrons. The van der Waals surface area contributed by atoms with Crippen LogP contribution in [0.15, 0.2) is 42.5 Å². The van der Waals surface area contributed by atoms with Gasteiger partial charge in [-0.1, -0.05) is 30.4 Å². The van der Waals surface area contributed by atoms with Crippen molar-refractivity contribution >= 4 is 17.8 Å². The summed E-state index contributed by atoms with van der Waals surface area (Å²) in [7, 11) is 0. The van der Waals surface area contributed by atoms with Crippen LogP contribution in [0.4, 0.5) is 4.39 Å². The number of Topliss-reactive ketones (excluding diaryl/α,β-unsaturated/α-hetero) is 1. The number of esters is 1. The molecule has 31 heavy (non-hydrogen) atoms. The molecule has 3 rings (SSSR count). The number of ether oxygens (including phenoxy) is 2. The van der Waals surface area contributed by atoms with Crippen molar-refractivity contribution in [3.05, 3.63) is 65.0 Å². The van der Waals surface area contributed by atoms with Crippen molar-refractivity contribution in [1.82, 2.24) is 0 Å². The Balaban J connectivity index is 1.86. The number of rotatable bonds is 3. The highest BCUT2D eigenvalue weighted by Crippen LogP contribution is 2.31. The fourth-order valence-corrected chi connectivity index (χ4v) is 3.48. The third-order valence-electron chi connectivity index (χ3n) is 5.18. The molecule has 0 bridgehead atoms. The number of benzene rings is 2. The van der Waals surface area contributed by atoms with Crippen molar-refractivity contribution in [3.63, 3.8) is 0 Å². The highest BCUT2D eigenvalue weighted by atomic mass is 19.1. The lowest BCUT2D eigenvalue weighted by atomic mass is 10.0. The summed E-state index contributed by atoms with van der Waals surface area (Å²) in [5, 5.41) is 10.6. The Kier molecular flexibility index (Phi) is 7.82. The summed E-state index contributed by atoms with van der Waals surface area (Å²) >= 11 is 0. The zero-order chi connectivity index (χ0) is 22.2. The normalized spacial score (nSPS) is 18.1. The minimum atomic E-state index is -0.631. The van der Waals surface area contributed by atoms with Crippen LogP contribution in [0.2, 0.25) is 0 Å². The van der Waals surface area contributed by atoms with E-state index in [2.05, 4.69) is 0 Å². The molecule has 0 saturated carbocycles. The van der Waals surface area contributed by atoms with Crippen molar-refractivity contribution in [2.45, 2.75) is 58.2 Å². The Morgan fingerprint density at radius 1 is 1.16 bits per heavy atom. The molecular formula is C25H27FO5. The molecule has 1 atom stereocenters. The first-order valence-corrected chi connectivity index (χ1v) is 10.6. The van der Waals surface area contributed by atoms with Gasteiger partial charge >= 0.3 is 5.97 Å². The van der Waals surface area contributed by atoms with E-state index in [1.807, 2.05) is 6.08 Å². The molecule has 0 saturated heterocycles. The maximum absolute atomic E-state index is 13.9. The lowest BCUT2D eigenvalue weighted by Gasteiger charge is -2.16. The van der Waals surface area contributed by atoms with E-state index < -0.39 is 5.97 Å². The van der Waals surface area contributed by atoms with Gasteiger partial charge in [0, 0.05) is 24.5 Å². The van der Waals surface area contributed by atoms with Gasteiger partial charge < -0.3 is 14.6 Å². The highest BCUT2D eigenvalue weighted by molar-refractivity contribution is 5.97. The van der Waals surface area contributed by atoms with Gasteiger partial charge in [-0.2, -0.15) is 0 Å². The maximum Gasteiger partial charge on any atom is 0.342 e. The number of halogens is 1. The summed E-state index contributed by atoms with van der Waals surface area (Å²) in [5.41, 5.74) is 0.897. The molecule has 1 aliphatic rings. The average molecular weight is 426 g/mol. The van der Waals surface area contributed by atoms with E-state index in [9.17, 15) is 19.1 Å². The number of carbonyl (C=O) groups excluding carboxylic acids is 2. The number of phenols is 1. The number of ketones is 1. The first-order chi connectivity index (χ1) is 14.9. The molecule has 0 amide bonds. The average Bonchev–Trinajstić information content (AvgIpc) is 2.72. The van der Waals surface area contributed by atoms with Gasteiger partial charge in [-0.05, 0) is 50.3 Å². The molecular weight excluding hydrogens is 399 g/mol. The number of hydrogen-bond acceptors (Lipinski definition) is 5. The second kappa shape index (κ2) is 10.8. The Bertz CT molecular complexity index is 966. The minimum absolute atomic E-state index is 0.0157. The number of hydrogen-bond donors (Lipinski definition) is 1. The zero-order valence-electron chi connectivity index (χ0n) is 17.6. The number of carbonyl (C=O) groups is 2. The van der Waals surface area contributed by atoms with E-state index in [4.69, 9.17) is 9.47 Å². The van der Waals surface area contributed by atoms with Crippen LogP contribution < -0.4 is 4.74 Å². The van der Waals surface area contributed by atoms with Crippen LogP contribution in [-0.2, 0) is 16.1 Å². The Hall–Kier alpha value is -3.15. The molecule has 1 aliphatic heterocycles. The fraction of sp³-hybridized carbons (Fsp3) is 0.360. The lowest BCUT2D eigenvalue weighted by molar-refractivity contribution is -0.119.